The second-order valence-electron chi connectivity index (χ2n) is 6.17. The molecule has 3 heterocycles. The topological polar surface area (TPSA) is 80.2 Å². The third-order valence-electron chi connectivity index (χ3n) is 4.57. The van der Waals surface area contributed by atoms with Gasteiger partial charge in [0.25, 0.3) is 0 Å². The van der Waals surface area contributed by atoms with Crippen molar-refractivity contribution in [2.24, 2.45) is 0 Å². The number of hydrogen-bond donors (Lipinski definition) is 0. The maximum atomic E-state index is 12.6. The van der Waals surface area contributed by atoms with E-state index in [1.165, 1.54) is 23.0 Å². The lowest BCUT2D eigenvalue weighted by atomic mass is 10.2. The molecule has 0 aliphatic carbocycles. The van der Waals surface area contributed by atoms with Crippen LogP contribution in [0.4, 0.5) is 0 Å². The quantitative estimate of drug-likeness (QED) is 0.567. The van der Waals surface area contributed by atoms with Crippen molar-refractivity contribution in [1.29, 1.82) is 0 Å². The molecule has 3 rings (SSSR count). The van der Waals surface area contributed by atoms with Crippen molar-refractivity contribution in [3.05, 3.63) is 16.8 Å². The van der Waals surface area contributed by atoms with Crippen LogP contribution in [0.2, 0.25) is 0 Å². The van der Waals surface area contributed by atoms with E-state index in [0.717, 1.165) is 20.8 Å². The van der Waals surface area contributed by atoms with Gasteiger partial charge in [-0.25, -0.2) is 18.4 Å². The van der Waals surface area contributed by atoms with Gasteiger partial charge in [0, 0.05) is 22.8 Å². The summed E-state index contributed by atoms with van der Waals surface area (Å²) in [5.74, 6) is 0.475. The van der Waals surface area contributed by atoms with Crippen molar-refractivity contribution in [2.45, 2.75) is 38.3 Å². The van der Waals surface area contributed by atoms with Crippen LogP contribution in [0.15, 0.2) is 11.4 Å². The summed E-state index contributed by atoms with van der Waals surface area (Å²) < 4.78 is 23.4. The Hall–Kier alpha value is -1.19. The van der Waals surface area contributed by atoms with Gasteiger partial charge < -0.3 is 4.90 Å². The molecule has 0 bridgehead atoms. The van der Waals surface area contributed by atoms with Crippen molar-refractivity contribution in [1.82, 2.24) is 14.9 Å². The Balaban J connectivity index is 1.74. The van der Waals surface area contributed by atoms with E-state index in [1.807, 2.05) is 13.8 Å². The summed E-state index contributed by atoms with van der Waals surface area (Å²) in [4.78, 5) is 25.1. The Morgan fingerprint density at radius 1 is 1.40 bits per heavy atom. The first-order valence-corrected chi connectivity index (χ1v) is 11.8. The Bertz CT molecular complexity index is 908. The molecule has 0 unspecified atom stereocenters. The van der Waals surface area contributed by atoms with E-state index < -0.39 is 9.84 Å². The predicted octanol–water partition coefficient (Wildman–Crippen LogP) is 2.44. The minimum absolute atomic E-state index is 0.0361. The lowest BCUT2D eigenvalue weighted by Crippen LogP contribution is -2.41. The second kappa shape index (κ2) is 7.20. The molecule has 6 nitrogen and oxygen atoms in total. The summed E-state index contributed by atoms with van der Waals surface area (Å²) in [6.45, 7) is 6.52. The molecule has 9 heteroatoms. The fourth-order valence-electron chi connectivity index (χ4n) is 3.13. The van der Waals surface area contributed by atoms with Gasteiger partial charge in [-0.3, -0.25) is 4.79 Å². The number of thiophene rings is 1. The molecule has 1 fully saturated rings. The zero-order valence-corrected chi connectivity index (χ0v) is 16.9. The zero-order chi connectivity index (χ0) is 18.2. The molecule has 0 spiro atoms. The minimum atomic E-state index is -3.00. The Kier molecular flexibility index (Phi) is 5.36. The summed E-state index contributed by atoms with van der Waals surface area (Å²) in [6.07, 6.45) is 2.07. The molecule has 0 N–H and O–H groups in total. The minimum Gasteiger partial charge on any atom is -0.338 e. The van der Waals surface area contributed by atoms with Crippen molar-refractivity contribution >= 4 is 49.1 Å². The Morgan fingerprint density at radius 2 is 2.16 bits per heavy atom. The summed E-state index contributed by atoms with van der Waals surface area (Å²) >= 11 is 3.03. The average molecular weight is 400 g/mol. The third kappa shape index (κ3) is 3.83. The number of fused-ring (bicyclic) bond motifs is 1. The van der Waals surface area contributed by atoms with E-state index in [9.17, 15) is 13.2 Å². The highest BCUT2D eigenvalue weighted by Gasteiger charge is 2.33. The molecule has 2 aromatic heterocycles. The van der Waals surface area contributed by atoms with Crippen molar-refractivity contribution in [3.8, 4) is 0 Å². The lowest BCUT2D eigenvalue weighted by molar-refractivity contribution is -0.129. The first-order chi connectivity index (χ1) is 11.8. The number of nitrogens with zero attached hydrogens (tertiary/aromatic N) is 3. The standard InChI is InChI=1S/C16H21N3O3S3/c1-4-19(12-5-6-25(21,22)8-12)13(20)7-23-15-14-10(2)11(3)24-16(14)18-9-17-15/h9,12H,4-8H2,1-3H3/t12-/m0/s1. The maximum absolute atomic E-state index is 12.6. The highest BCUT2D eigenvalue weighted by molar-refractivity contribution is 8.00. The summed E-state index contributed by atoms with van der Waals surface area (Å²) in [6, 6.07) is -0.196. The van der Waals surface area contributed by atoms with Crippen LogP contribution >= 0.6 is 23.1 Å². The number of hydrogen-bond acceptors (Lipinski definition) is 7. The van der Waals surface area contributed by atoms with Gasteiger partial charge >= 0.3 is 0 Å². The van der Waals surface area contributed by atoms with Gasteiger partial charge in [0.05, 0.1) is 17.3 Å². The van der Waals surface area contributed by atoms with Crippen LogP contribution in [0.25, 0.3) is 10.2 Å². The maximum Gasteiger partial charge on any atom is 0.233 e. The van der Waals surface area contributed by atoms with Gasteiger partial charge in [-0.2, -0.15) is 0 Å². The Labute approximate surface area is 156 Å². The molecule has 0 aromatic carbocycles. The van der Waals surface area contributed by atoms with Crippen molar-refractivity contribution < 1.29 is 13.2 Å². The predicted molar refractivity (Wildman–Crippen MR) is 102 cm³/mol. The number of aromatic nitrogens is 2. The molecule has 1 aliphatic rings. The van der Waals surface area contributed by atoms with Gasteiger partial charge in [-0.1, -0.05) is 11.8 Å². The zero-order valence-electron chi connectivity index (χ0n) is 14.5. The van der Waals surface area contributed by atoms with Gasteiger partial charge in [-0.15, -0.1) is 11.3 Å². The summed E-state index contributed by atoms with van der Waals surface area (Å²) in [7, 11) is -3.00. The van der Waals surface area contributed by atoms with Crippen molar-refractivity contribution in [2.75, 3.05) is 23.8 Å². The summed E-state index contributed by atoms with van der Waals surface area (Å²) in [5, 5.41) is 1.84. The Morgan fingerprint density at radius 3 is 2.80 bits per heavy atom. The molecule has 1 amide bonds. The highest BCUT2D eigenvalue weighted by atomic mass is 32.2. The molecule has 1 saturated heterocycles. The van der Waals surface area contributed by atoms with Crippen LogP contribution in [0.5, 0.6) is 0 Å². The molecule has 0 saturated carbocycles. The fraction of sp³-hybridized carbons (Fsp3) is 0.562. The monoisotopic (exact) mass is 399 g/mol. The fourth-order valence-corrected chi connectivity index (χ4v) is 6.87. The normalized spacial score (nSPS) is 19.4. The molecule has 136 valence electrons. The highest BCUT2D eigenvalue weighted by Crippen LogP contribution is 2.34. The van der Waals surface area contributed by atoms with E-state index in [-0.39, 0.29) is 29.2 Å². The van der Waals surface area contributed by atoms with E-state index >= 15 is 0 Å². The average Bonchev–Trinajstić information content (AvgIpc) is 3.06. The van der Waals surface area contributed by atoms with Crippen LogP contribution in [0.3, 0.4) is 0 Å². The van der Waals surface area contributed by atoms with Gasteiger partial charge in [0.15, 0.2) is 9.84 Å². The van der Waals surface area contributed by atoms with Gasteiger partial charge in [-0.05, 0) is 32.8 Å². The first-order valence-electron chi connectivity index (χ1n) is 8.15. The third-order valence-corrected chi connectivity index (χ3v) is 8.41. The lowest BCUT2D eigenvalue weighted by Gasteiger charge is -2.26. The number of thioether (sulfide) groups is 1. The number of sulfone groups is 1. The van der Waals surface area contributed by atoms with E-state index in [4.69, 9.17) is 0 Å². The van der Waals surface area contributed by atoms with Gasteiger partial charge in [0.2, 0.25) is 5.91 Å². The molecule has 2 aromatic rings. The summed E-state index contributed by atoms with van der Waals surface area (Å²) in [5.41, 5.74) is 1.16. The molecular weight excluding hydrogens is 378 g/mol. The van der Waals surface area contributed by atoms with Crippen LogP contribution in [0.1, 0.15) is 23.8 Å². The van der Waals surface area contributed by atoms with Crippen molar-refractivity contribution in [3.63, 3.8) is 0 Å². The van der Waals surface area contributed by atoms with Gasteiger partial charge in [0.1, 0.15) is 16.2 Å². The number of aryl methyl sites for hydroxylation is 2. The smallest absolute Gasteiger partial charge is 0.233 e. The molecular formula is C16H21N3O3S3. The second-order valence-corrected chi connectivity index (χ2v) is 10.6. The number of amides is 1. The molecule has 0 radical (unpaired) electrons. The van der Waals surface area contributed by atoms with Crippen LogP contribution < -0.4 is 0 Å². The van der Waals surface area contributed by atoms with E-state index in [0.29, 0.717) is 13.0 Å². The first kappa shape index (κ1) is 18.6. The number of rotatable bonds is 5. The van der Waals surface area contributed by atoms with Crippen LogP contribution in [0, 0.1) is 13.8 Å². The molecule has 1 aliphatic heterocycles. The number of carbonyl (C=O) groups excluding carboxylic acids is 1. The number of carbonyl (C=O) groups is 1. The van der Waals surface area contributed by atoms with E-state index in [2.05, 4.69) is 16.9 Å². The van der Waals surface area contributed by atoms with Crippen LogP contribution in [-0.4, -0.2) is 59.0 Å². The molecule has 25 heavy (non-hydrogen) atoms. The van der Waals surface area contributed by atoms with Crippen LogP contribution in [-0.2, 0) is 14.6 Å². The largest absolute Gasteiger partial charge is 0.338 e. The molecule has 1 atom stereocenters. The SMILES string of the molecule is CCN(C(=O)CSc1ncnc2sc(C)c(C)c12)[C@H]1CCS(=O)(=O)C1. The van der Waals surface area contributed by atoms with E-state index in [1.54, 1.807) is 16.2 Å².